The molecule has 1 aromatic heterocycles. The van der Waals surface area contributed by atoms with Crippen LogP contribution in [0.25, 0.3) is 0 Å². The van der Waals surface area contributed by atoms with E-state index in [0.29, 0.717) is 25.9 Å². The van der Waals surface area contributed by atoms with Crippen molar-refractivity contribution in [1.29, 1.82) is 0 Å². The van der Waals surface area contributed by atoms with Crippen LogP contribution in [0.5, 0.6) is 0 Å². The highest BCUT2D eigenvalue weighted by atomic mass is 35.5. The van der Waals surface area contributed by atoms with E-state index in [4.69, 9.17) is 23.2 Å². The molecule has 4 rings (SSSR count). The molecule has 0 N–H and O–H groups in total. The molecule has 0 bridgehead atoms. The average molecular weight is 558 g/mol. The summed E-state index contributed by atoms with van der Waals surface area (Å²) in [5, 5.41) is 3.40. The molecule has 0 unspecified atom stereocenters. The van der Waals surface area contributed by atoms with Crippen LogP contribution in [0.1, 0.15) is 11.3 Å². The number of hydrogen-bond acceptors (Lipinski definition) is 5. The van der Waals surface area contributed by atoms with Gasteiger partial charge in [-0.05, 0) is 23.8 Å². The zero-order valence-corrected chi connectivity index (χ0v) is 20.1. The van der Waals surface area contributed by atoms with Crippen molar-refractivity contribution in [2.24, 2.45) is 0 Å². The molecular formula is C20H14Cl2F5N3O2S2. The van der Waals surface area contributed by atoms with Crippen molar-refractivity contribution in [3.05, 3.63) is 74.0 Å². The van der Waals surface area contributed by atoms with Crippen LogP contribution in [0, 0.1) is 29.1 Å². The first-order valence-corrected chi connectivity index (χ1v) is 12.7. The standard InChI is InChI=1S/C20H14Cl2F5N3O2S2/c21-11-5-10(6-12(22)8-11)7-13-9-33-20(28-13)29-1-3-30(4-2-29)34(31,32)19-17(26)15(24)14(23)16(25)18(19)27/h5-6,8-9H,1-4,7H2. The topological polar surface area (TPSA) is 53.5 Å². The molecule has 1 aliphatic heterocycles. The van der Waals surface area contributed by atoms with Crippen molar-refractivity contribution < 1.29 is 30.4 Å². The van der Waals surface area contributed by atoms with Crippen LogP contribution in [-0.4, -0.2) is 43.9 Å². The summed E-state index contributed by atoms with van der Waals surface area (Å²) in [5.74, 6) is -11.8. The summed E-state index contributed by atoms with van der Waals surface area (Å²) in [7, 11) is -4.97. The van der Waals surface area contributed by atoms with Gasteiger partial charge in [0.15, 0.2) is 33.3 Å². The van der Waals surface area contributed by atoms with Crippen molar-refractivity contribution in [3.63, 3.8) is 0 Å². The van der Waals surface area contributed by atoms with Crippen LogP contribution in [0.3, 0.4) is 0 Å². The smallest absolute Gasteiger partial charge is 0.249 e. The molecular weight excluding hydrogens is 544 g/mol. The fourth-order valence-corrected chi connectivity index (χ4v) is 6.49. The molecule has 0 atom stereocenters. The number of aromatic nitrogens is 1. The molecule has 0 radical (unpaired) electrons. The van der Waals surface area contributed by atoms with Gasteiger partial charge >= 0.3 is 0 Å². The fraction of sp³-hybridized carbons (Fsp3) is 0.250. The highest BCUT2D eigenvalue weighted by molar-refractivity contribution is 7.89. The van der Waals surface area contributed by atoms with Crippen LogP contribution in [0.2, 0.25) is 10.0 Å². The van der Waals surface area contributed by atoms with Crippen LogP contribution in [-0.2, 0) is 16.4 Å². The number of nitrogens with zero attached hydrogens (tertiary/aromatic N) is 3. The number of anilines is 1. The monoisotopic (exact) mass is 557 g/mol. The summed E-state index contributed by atoms with van der Waals surface area (Å²) in [6, 6.07) is 5.13. The number of piperazine rings is 1. The highest BCUT2D eigenvalue weighted by Crippen LogP contribution is 2.31. The Bertz CT molecular complexity index is 1310. The number of thiazole rings is 1. The van der Waals surface area contributed by atoms with Gasteiger partial charge in [-0.15, -0.1) is 11.3 Å². The summed E-state index contributed by atoms with van der Waals surface area (Å²) in [6.07, 6.45) is 0.464. The molecule has 0 saturated carbocycles. The van der Waals surface area contributed by atoms with Gasteiger partial charge in [-0.2, -0.15) is 4.31 Å². The first-order valence-electron chi connectivity index (χ1n) is 9.65. The Balaban J connectivity index is 1.48. The van der Waals surface area contributed by atoms with Crippen molar-refractivity contribution in [3.8, 4) is 0 Å². The molecule has 0 amide bonds. The third-order valence-electron chi connectivity index (χ3n) is 5.12. The first kappa shape index (κ1) is 25.1. The van der Waals surface area contributed by atoms with E-state index in [9.17, 15) is 30.4 Å². The zero-order chi connectivity index (χ0) is 24.8. The van der Waals surface area contributed by atoms with Gasteiger partial charge in [0.2, 0.25) is 15.8 Å². The molecule has 0 spiro atoms. The van der Waals surface area contributed by atoms with E-state index in [1.165, 1.54) is 11.3 Å². The SMILES string of the molecule is O=S(=O)(c1c(F)c(F)c(F)c(F)c1F)N1CCN(c2nc(Cc3cc(Cl)cc(Cl)c3)cs2)CC1. The molecule has 34 heavy (non-hydrogen) atoms. The zero-order valence-electron chi connectivity index (χ0n) is 17.0. The summed E-state index contributed by atoms with van der Waals surface area (Å²) in [6.45, 7) is -0.267. The molecule has 3 aromatic rings. The maximum Gasteiger partial charge on any atom is 0.249 e. The van der Waals surface area contributed by atoms with Crippen LogP contribution >= 0.6 is 34.5 Å². The maximum absolute atomic E-state index is 14.1. The second-order valence-corrected chi connectivity index (χ2v) is 11.0. The predicted molar refractivity (Wildman–Crippen MR) is 119 cm³/mol. The lowest BCUT2D eigenvalue weighted by molar-refractivity contribution is 0.344. The second kappa shape index (κ2) is 9.57. The van der Waals surface area contributed by atoms with Crippen molar-refractivity contribution in [2.45, 2.75) is 11.3 Å². The van der Waals surface area contributed by atoms with Gasteiger partial charge in [-0.3, -0.25) is 0 Å². The minimum atomic E-state index is -4.97. The fourth-order valence-electron chi connectivity index (χ4n) is 3.50. The molecule has 5 nitrogen and oxygen atoms in total. The summed E-state index contributed by atoms with van der Waals surface area (Å²) >= 11 is 13.3. The van der Waals surface area contributed by atoms with Crippen LogP contribution < -0.4 is 4.90 Å². The highest BCUT2D eigenvalue weighted by Gasteiger charge is 2.38. The molecule has 1 aliphatic rings. The third kappa shape index (κ3) is 4.74. The Morgan fingerprint density at radius 3 is 1.94 bits per heavy atom. The lowest BCUT2D eigenvalue weighted by Gasteiger charge is -2.33. The van der Waals surface area contributed by atoms with Crippen LogP contribution in [0.15, 0.2) is 28.5 Å². The Hall–Kier alpha value is -1.99. The molecule has 2 heterocycles. The van der Waals surface area contributed by atoms with E-state index in [2.05, 4.69) is 4.98 Å². The minimum absolute atomic E-state index is 0.102. The molecule has 14 heteroatoms. The molecule has 0 aliphatic carbocycles. The average Bonchev–Trinajstić information content (AvgIpc) is 3.24. The van der Waals surface area contributed by atoms with Crippen molar-refractivity contribution >= 4 is 49.7 Å². The number of hydrogen-bond donors (Lipinski definition) is 0. The van der Waals surface area contributed by atoms with Gasteiger partial charge in [-0.25, -0.2) is 35.4 Å². The maximum atomic E-state index is 14.1. The number of halogens is 7. The normalized spacial score (nSPS) is 15.2. The van der Waals surface area contributed by atoms with Crippen molar-refractivity contribution in [1.82, 2.24) is 9.29 Å². The van der Waals surface area contributed by atoms with Crippen LogP contribution in [0.4, 0.5) is 27.1 Å². The number of rotatable bonds is 5. The van der Waals surface area contributed by atoms with E-state index >= 15 is 0 Å². The largest absolute Gasteiger partial charge is 0.345 e. The second-order valence-electron chi connectivity index (χ2n) is 7.37. The summed E-state index contributed by atoms with van der Waals surface area (Å²) in [4.78, 5) is 4.44. The lowest BCUT2D eigenvalue weighted by Crippen LogP contribution is -2.49. The van der Waals surface area contributed by atoms with E-state index < -0.39 is 44.0 Å². The van der Waals surface area contributed by atoms with Gasteiger partial charge in [0.25, 0.3) is 0 Å². The van der Waals surface area contributed by atoms with E-state index in [0.717, 1.165) is 11.3 Å². The number of sulfonamides is 1. The Labute approximate surface area is 205 Å². The predicted octanol–water partition coefficient (Wildman–Crippen LogP) is 5.25. The third-order valence-corrected chi connectivity index (χ3v) is 8.43. The Morgan fingerprint density at radius 2 is 1.38 bits per heavy atom. The van der Waals surface area contributed by atoms with E-state index in [1.54, 1.807) is 23.1 Å². The molecule has 182 valence electrons. The van der Waals surface area contributed by atoms with Gasteiger partial charge in [0.1, 0.15) is 0 Å². The summed E-state index contributed by atoms with van der Waals surface area (Å²) < 4.78 is 94.5. The molecule has 1 fully saturated rings. The summed E-state index contributed by atoms with van der Waals surface area (Å²) in [5.41, 5.74) is 1.59. The van der Waals surface area contributed by atoms with Gasteiger partial charge in [-0.1, -0.05) is 23.2 Å². The van der Waals surface area contributed by atoms with Gasteiger partial charge in [0, 0.05) is 48.0 Å². The van der Waals surface area contributed by atoms with E-state index in [1.807, 2.05) is 5.38 Å². The minimum Gasteiger partial charge on any atom is -0.345 e. The lowest BCUT2D eigenvalue weighted by atomic mass is 10.1. The first-order chi connectivity index (χ1) is 16.0. The van der Waals surface area contributed by atoms with Gasteiger partial charge in [0.05, 0.1) is 5.69 Å². The molecule has 2 aromatic carbocycles. The number of benzene rings is 2. The Kier molecular flexibility index (Phi) is 7.07. The quantitative estimate of drug-likeness (QED) is 0.244. The Morgan fingerprint density at radius 1 is 0.853 bits per heavy atom. The van der Waals surface area contributed by atoms with Gasteiger partial charge < -0.3 is 4.90 Å². The molecule has 1 saturated heterocycles. The van der Waals surface area contributed by atoms with E-state index in [-0.39, 0.29) is 26.2 Å². The van der Waals surface area contributed by atoms with Crippen molar-refractivity contribution in [2.75, 3.05) is 31.1 Å².